The summed E-state index contributed by atoms with van der Waals surface area (Å²) in [5.74, 6) is -2.64. The van der Waals surface area contributed by atoms with E-state index in [4.69, 9.17) is 9.47 Å². The van der Waals surface area contributed by atoms with Crippen molar-refractivity contribution in [2.45, 2.75) is 96.6 Å². The monoisotopic (exact) mass is 504 g/mol. The molecule has 3 aliphatic rings. The third kappa shape index (κ3) is 4.74. The van der Waals surface area contributed by atoms with Gasteiger partial charge in [-0.2, -0.15) is 0 Å². The van der Waals surface area contributed by atoms with Crippen molar-refractivity contribution in [3.8, 4) is 0 Å². The average Bonchev–Trinajstić information content (AvgIpc) is 3.42. The first-order valence-corrected chi connectivity index (χ1v) is 13.1. The van der Waals surface area contributed by atoms with Gasteiger partial charge in [-0.25, -0.2) is 0 Å². The van der Waals surface area contributed by atoms with E-state index < -0.39 is 47.1 Å². The van der Waals surface area contributed by atoms with E-state index in [0.717, 1.165) is 6.42 Å². The van der Waals surface area contributed by atoms with Crippen LogP contribution in [0.15, 0.2) is 25.3 Å². The summed E-state index contributed by atoms with van der Waals surface area (Å²) >= 11 is 0. The molecule has 2 bridgehead atoms. The number of ether oxygens (including phenoxy) is 2. The summed E-state index contributed by atoms with van der Waals surface area (Å²) in [7, 11) is 0. The van der Waals surface area contributed by atoms with Crippen LogP contribution in [0, 0.1) is 17.3 Å². The molecule has 0 aliphatic carbocycles. The molecule has 202 valence electrons. The third-order valence-electron chi connectivity index (χ3n) is 7.93. The minimum atomic E-state index is -1.13. The van der Waals surface area contributed by atoms with Crippen molar-refractivity contribution in [2.24, 2.45) is 17.3 Å². The SMILES string of the molecule is C=CCOC(=O)[C@@H]1[C@H]2C(=O)N([C@@H](CC)CO)C(C(=O)N(CC=C)C(C)(C)CC(C)(C)C)C23CC[C@H]1O3. The molecule has 6 atom stereocenters. The van der Waals surface area contributed by atoms with Crippen LogP contribution in [-0.4, -0.2) is 81.8 Å². The Balaban J connectivity index is 2.10. The highest BCUT2D eigenvalue weighted by Gasteiger charge is 2.75. The Bertz CT molecular complexity index is 889. The second-order valence-electron chi connectivity index (χ2n) is 12.3. The molecule has 3 rings (SSSR count). The second-order valence-corrected chi connectivity index (χ2v) is 12.3. The molecule has 2 unspecified atom stereocenters. The molecule has 8 heteroatoms. The largest absolute Gasteiger partial charge is 0.461 e. The Kier molecular flexibility index (Phi) is 8.11. The highest BCUT2D eigenvalue weighted by molar-refractivity contribution is 5.98. The van der Waals surface area contributed by atoms with E-state index in [-0.39, 0.29) is 30.4 Å². The van der Waals surface area contributed by atoms with Crippen molar-refractivity contribution >= 4 is 17.8 Å². The van der Waals surface area contributed by atoms with Crippen molar-refractivity contribution in [3.63, 3.8) is 0 Å². The summed E-state index contributed by atoms with van der Waals surface area (Å²) < 4.78 is 11.8. The number of nitrogens with zero attached hydrogens (tertiary/aromatic N) is 2. The zero-order valence-corrected chi connectivity index (χ0v) is 22.8. The van der Waals surface area contributed by atoms with Gasteiger partial charge in [0.2, 0.25) is 11.8 Å². The molecule has 36 heavy (non-hydrogen) atoms. The molecular formula is C28H44N2O6. The van der Waals surface area contributed by atoms with Crippen LogP contribution in [-0.2, 0) is 23.9 Å². The summed E-state index contributed by atoms with van der Waals surface area (Å²) in [6.07, 6.45) is 4.97. The predicted molar refractivity (Wildman–Crippen MR) is 137 cm³/mol. The molecule has 3 aliphatic heterocycles. The van der Waals surface area contributed by atoms with Crippen LogP contribution in [0.3, 0.4) is 0 Å². The molecule has 2 amide bonds. The summed E-state index contributed by atoms with van der Waals surface area (Å²) in [6.45, 7) is 19.9. The highest BCUT2D eigenvalue weighted by Crippen LogP contribution is 2.59. The van der Waals surface area contributed by atoms with Gasteiger partial charge in [0, 0.05) is 12.1 Å². The number of esters is 1. The number of aliphatic hydroxyl groups is 1. The minimum Gasteiger partial charge on any atom is -0.461 e. The summed E-state index contributed by atoms with van der Waals surface area (Å²) in [6, 6.07) is -1.50. The highest BCUT2D eigenvalue weighted by atomic mass is 16.6. The van der Waals surface area contributed by atoms with E-state index in [1.165, 1.54) is 11.0 Å². The van der Waals surface area contributed by atoms with Crippen LogP contribution in [0.25, 0.3) is 0 Å². The van der Waals surface area contributed by atoms with Crippen LogP contribution in [0.2, 0.25) is 0 Å². The molecule has 3 saturated heterocycles. The molecule has 0 aromatic heterocycles. The number of rotatable bonds is 11. The fourth-order valence-corrected chi connectivity index (χ4v) is 6.99. The average molecular weight is 505 g/mol. The van der Waals surface area contributed by atoms with E-state index in [9.17, 15) is 19.5 Å². The summed E-state index contributed by atoms with van der Waals surface area (Å²) in [4.78, 5) is 44.9. The third-order valence-corrected chi connectivity index (χ3v) is 7.93. The van der Waals surface area contributed by atoms with Crippen LogP contribution < -0.4 is 0 Å². The standard InChI is InChI=1S/C28H44N2O6/c1-9-14-29(27(7,8)17-26(4,5)6)24(33)22-28-13-12-19(36-28)20(25(34)35-15-10-2)21(28)23(32)30(22)18(11-3)16-31/h9-10,18-22,31H,1-2,11-17H2,3-8H3/t18-,19+,20-,21-,22?,28?/m0/s1. The van der Waals surface area contributed by atoms with Gasteiger partial charge >= 0.3 is 5.97 Å². The number of hydrogen-bond acceptors (Lipinski definition) is 6. The van der Waals surface area contributed by atoms with E-state index in [1.807, 2.05) is 20.8 Å². The van der Waals surface area contributed by atoms with Crippen LogP contribution >= 0.6 is 0 Å². The van der Waals surface area contributed by atoms with Gasteiger partial charge in [-0.05, 0) is 44.9 Å². The molecule has 0 aromatic rings. The van der Waals surface area contributed by atoms with Gasteiger partial charge in [-0.15, -0.1) is 6.58 Å². The number of aliphatic hydroxyl groups excluding tert-OH is 1. The molecule has 0 saturated carbocycles. The van der Waals surface area contributed by atoms with E-state index >= 15 is 0 Å². The number of likely N-dealkylation sites (tertiary alicyclic amines) is 1. The van der Waals surface area contributed by atoms with Crippen molar-refractivity contribution in [2.75, 3.05) is 19.8 Å². The van der Waals surface area contributed by atoms with Gasteiger partial charge in [0.05, 0.1) is 30.6 Å². The van der Waals surface area contributed by atoms with Gasteiger partial charge in [-0.3, -0.25) is 14.4 Å². The van der Waals surface area contributed by atoms with E-state index in [0.29, 0.717) is 25.8 Å². The molecule has 1 spiro atoms. The minimum absolute atomic E-state index is 0.0460. The lowest BCUT2D eigenvalue weighted by molar-refractivity contribution is -0.157. The van der Waals surface area contributed by atoms with Crippen molar-refractivity contribution < 1.29 is 29.0 Å². The number of carbonyl (C=O) groups is 3. The second kappa shape index (κ2) is 10.3. The maximum Gasteiger partial charge on any atom is 0.312 e. The van der Waals surface area contributed by atoms with Crippen LogP contribution in [0.1, 0.15) is 67.2 Å². The molecular weight excluding hydrogens is 460 g/mol. The lowest BCUT2D eigenvalue weighted by Crippen LogP contribution is -2.62. The first-order chi connectivity index (χ1) is 16.8. The van der Waals surface area contributed by atoms with Crippen LogP contribution in [0.5, 0.6) is 0 Å². The zero-order chi connectivity index (χ0) is 27.1. The topological polar surface area (TPSA) is 96.4 Å². The smallest absolute Gasteiger partial charge is 0.312 e. The van der Waals surface area contributed by atoms with Crippen LogP contribution in [0.4, 0.5) is 0 Å². The first kappa shape index (κ1) is 28.4. The number of amides is 2. The maximum atomic E-state index is 14.5. The van der Waals surface area contributed by atoms with Gasteiger partial charge < -0.3 is 24.4 Å². The maximum absolute atomic E-state index is 14.5. The number of hydrogen-bond donors (Lipinski definition) is 1. The lowest BCUT2D eigenvalue weighted by Gasteiger charge is -2.46. The summed E-state index contributed by atoms with van der Waals surface area (Å²) in [5.41, 5.74) is -1.71. The molecule has 0 radical (unpaired) electrons. The molecule has 1 N–H and O–H groups in total. The Morgan fingerprint density at radius 1 is 1.28 bits per heavy atom. The molecule has 0 aromatic carbocycles. The Labute approximate surface area is 215 Å². The van der Waals surface area contributed by atoms with Crippen molar-refractivity contribution in [1.29, 1.82) is 0 Å². The van der Waals surface area contributed by atoms with E-state index in [1.54, 1.807) is 11.0 Å². The quantitative estimate of drug-likeness (QED) is 0.343. The van der Waals surface area contributed by atoms with Crippen molar-refractivity contribution in [3.05, 3.63) is 25.3 Å². The molecule has 8 nitrogen and oxygen atoms in total. The van der Waals surface area contributed by atoms with E-state index in [2.05, 4.69) is 33.9 Å². The van der Waals surface area contributed by atoms with Gasteiger partial charge in [0.15, 0.2) is 0 Å². The first-order valence-electron chi connectivity index (χ1n) is 13.1. The Hall–Kier alpha value is -2.19. The van der Waals surface area contributed by atoms with Crippen molar-refractivity contribution in [1.82, 2.24) is 9.80 Å². The Morgan fingerprint density at radius 3 is 2.47 bits per heavy atom. The fraction of sp³-hybridized carbons (Fsp3) is 0.750. The van der Waals surface area contributed by atoms with Gasteiger partial charge in [0.1, 0.15) is 18.2 Å². The number of carbonyl (C=O) groups excluding carboxylic acids is 3. The normalized spacial score (nSPS) is 30.2. The number of fused-ring (bicyclic) bond motifs is 1. The predicted octanol–water partition coefficient (Wildman–Crippen LogP) is 3.09. The van der Waals surface area contributed by atoms with Gasteiger partial charge in [-0.1, -0.05) is 46.4 Å². The zero-order valence-electron chi connectivity index (χ0n) is 22.8. The molecule has 3 heterocycles. The fourth-order valence-electron chi connectivity index (χ4n) is 6.99. The van der Waals surface area contributed by atoms with Gasteiger partial charge in [0.25, 0.3) is 0 Å². The summed E-state index contributed by atoms with van der Waals surface area (Å²) in [5, 5.41) is 10.2. The lowest BCUT2D eigenvalue weighted by atomic mass is 9.70. The molecule has 3 fully saturated rings. The Morgan fingerprint density at radius 2 is 1.94 bits per heavy atom.